The highest BCUT2D eigenvalue weighted by atomic mass is 32.2. The Kier molecular flexibility index (Phi) is 5.68. The number of benzene rings is 1. The molecular formula is C19H23N3O3S. The molecule has 0 unspecified atom stereocenters. The van der Waals surface area contributed by atoms with Crippen LogP contribution in [0.25, 0.3) is 0 Å². The fourth-order valence-electron chi connectivity index (χ4n) is 3.12. The molecule has 1 saturated heterocycles. The first-order valence-electron chi connectivity index (χ1n) is 8.78. The minimum Gasteiger partial charge on any atom is -0.346 e. The molecule has 0 saturated carbocycles. The molecule has 2 aromatic rings. The third kappa shape index (κ3) is 4.11. The maximum absolute atomic E-state index is 12.8. The molecule has 1 atom stereocenters. The molecule has 7 heteroatoms. The van der Waals surface area contributed by atoms with Crippen molar-refractivity contribution in [2.24, 2.45) is 0 Å². The summed E-state index contributed by atoms with van der Waals surface area (Å²) in [6.45, 7) is 2.82. The molecule has 0 aliphatic carbocycles. The lowest BCUT2D eigenvalue weighted by Crippen LogP contribution is -2.41. The molecule has 1 fully saturated rings. The van der Waals surface area contributed by atoms with Crippen LogP contribution in [0.5, 0.6) is 0 Å². The first-order chi connectivity index (χ1) is 12.5. The maximum atomic E-state index is 12.8. The van der Waals surface area contributed by atoms with Crippen molar-refractivity contribution in [1.82, 2.24) is 14.6 Å². The zero-order chi connectivity index (χ0) is 18.6. The fraction of sp³-hybridized carbons (Fsp3) is 0.368. The van der Waals surface area contributed by atoms with Gasteiger partial charge in [0.05, 0.1) is 17.1 Å². The molecular weight excluding hydrogens is 350 g/mol. The Morgan fingerprint density at radius 1 is 1.19 bits per heavy atom. The van der Waals surface area contributed by atoms with E-state index in [0.717, 1.165) is 25.0 Å². The summed E-state index contributed by atoms with van der Waals surface area (Å²) in [7, 11) is -3.52. The SMILES string of the molecule is C[C@@H]1CCCCN1S(=O)(=O)c1ccc(C(=O)NCc2ccccn2)cc1. The van der Waals surface area contributed by atoms with E-state index < -0.39 is 10.0 Å². The zero-order valence-electron chi connectivity index (χ0n) is 14.8. The molecule has 0 spiro atoms. The number of hydrogen-bond acceptors (Lipinski definition) is 4. The van der Waals surface area contributed by atoms with Gasteiger partial charge >= 0.3 is 0 Å². The predicted octanol–water partition coefficient (Wildman–Crippen LogP) is 2.57. The summed E-state index contributed by atoms with van der Waals surface area (Å²) in [4.78, 5) is 16.6. The van der Waals surface area contributed by atoms with E-state index in [2.05, 4.69) is 10.3 Å². The van der Waals surface area contributed by atoms with Gasteiger partial charge in [0.2, 0.25) is 10.0 Å². The van der Waals surface area contributed by atoms with Crippen molar-refractivity contribution in [3.8, 4) is 0 Å². The van der Waals surface area contributed by atoms with Gasteiger partial charge in [-0.25, -0.2) is 8.42 Å². The molecule has 1 aliphatic rings. The Morgan fingerprint density at radius 3 is 2.62 bits per heavy atom. The second kappa shape index (κ2) is 7.97. The molecule has 1 N–H and O–H groups in total. The number of rotatable bonds is 5. The maximum Gasteiger partial charge on any atom is 0.251 e. The van der Waals surface area contributed by atoms with Gasteiger partial charge < -0.3 is 5.32 Å². The normalized spacial score (nSPS) is 18.4. The summed E-state index contributed by atoms with van der Waals surface area (Å²) < 4.78 is 27.2. The molecule has 1 aromatic heterocycles. The molecule has 1 aromatic carbocycles. The lowest BCUT2D eigenvalue weighted by atomic mass is 10.1. The smallest absolute Gasteiger partial charge is 0.251 e. The lowest BCUT2D eigenvalue weighted by Gasteiger charge is -2.32. The Labute approximate surface area is 154 Å². The van der Waals surface area contributed by atoms with Crippen molar-refractivity contribution in [2.75, 3.05) is 6.54 Å². The first kappa shape index (κ1) is 18.5. The van der Waals surface area contributed by atoms with Gasteiger partial charge in [0.25, 0.3) is 5.91 Å². The van der Waals surface area contributed by atoms with E-state index in [-0.39, 0.29) is 16.8 Å². The van der Waals surface area contributed by atoms with Crippen LogP contribution in [-0.2, 0) is 16.6 Å². The largest absolute Gasteiger partial charge is 0.346 e. The van der Waals surface area contributed by atoms with Crippen LogP contribution in [0, 0.1) is 0 Å². The quantitative estimate of drug-likeness (QED) is 0.874. The van der Waals surface area contributed by atoms with E-state index in [1.54, 1.807) is 22.6 Å². The Hall–Kier alpha value is -2.25. The van der Waals surface area contributed by atoms with Crippen LogP contribution in [0.3, 0.4) is 0 Å². The third-order valence-corrected chi connectivity index (χ3v) is 6.65. The first-order valence-corrected chi connectivity index (χ1v) is 10.2. The second-order valence-electron chi connectivity index (χ2n) is 6.49. The summed E-state index contributed by atoms with van der Waals surface area (Å²) in [6, 6.07) is 11.6. The van der Waals surface area contributed by atoms with Gasteiger partial charge in [-0.15, -0.1) is 0 Å². The number of hydrogen-bond donors (Lipinski definition) is 1. The standard InChI is InChI=1S/C19H23N3O3S/c1-15-6-3-5-13-22(15)26(24,25)18-10-8-16(9-11-18)19(23)21-14-17-7-2-4-12-20-17/h2,4,7-12,15H,3,5-6,13-14H2,1H3,(H,21,23)/t15-/m1/s1. The van der Waals surface area contributed by atoms with E-state index in [1.165, 1.54) is 12.1 Å². The van der Waals surface area contributed by atoms with Crippen molar-refractivity contribution < 1.29 is 13.2 Å². The summed E-state index contributed by atoms with van der Waals surface area (Å²) >= 11 is 0. The van der Waals surface area contributed by atoms with E-state index >= 15 is 0 Å². The topological polar surface area (TPSA) is 79.4 Å². The second-order valence-corrected chi connectivity index (χ2v) is 8.38. The van der Waals surface area contributed by atoms with Crippen molar-refractivity contribution in [1.29, 1.82) is 0 Å². The fourth-order valence-corrected chi connectivity index (χ4v) is 4.82. The third-order valence-electron chi connectivity index (χ3n) is 4.62. The van der Waals surface area contributed by atoms with Crippen molar-refractivity contribution in [3.05, 3.63) is 59.9 Å². The van der Waals surface area contributed by atoms with E-state index in [1.807, 2.05) is 25.1 Å². The average molecular weight is 373 g/mol. The molecule has 2 heterocycles. The van der Waals surface area contributed by atoms with E-state index in [0.29, 0.717) is 18.7 Å². The Bertz CT molecular complexity index is 851. The Morgan fingerprint density at radius 2 is 1.96 bits per heavy atom. The number of pyridine rings is 1. The van der Waals surface area contributed by atoms with Crippen LogP contribution < -0.4 is 5.32 Å². The predicted molar refractivity (Wildman–Crippen MR) is 99.1 cm³/mol. The van der Waals surface area contributed by atoms with Gasteiger partial charge in [0.1, 0.15) is 0 Å². The summed E-state index contributed by atoms with van der Waals surface area (Å²) in [5.74, 6) is -0.258. The highest BCUT2D eigenvalue weighted by molar-refractivity contribution is 7.89. The van der Waals surface area contributed by atoms with Crippen LogP contribution in [0.2, 0.25) is 0 Å². The summed E-state index contributed by atoms with van der Waals surface area (Å²) in [5, 5.41) is 2.78. The van der Waals surface area contributed by atoms with Crippen molar-refractivity contribution in [2.45, 2.75) is 43.7 Å². The number of carbonyl (C=O) groups excluding carboxylic acids is 1. The number of aromatic nitrogens is 1. The van der Waals surface area contributed by atoms with Gasteiger partial charge in [0.15, 0.2) is 0 Å². The zero-order valence-corrected chi connectivity index (χ0v) is 15.6. The minimum absolute atomic E-state index is 0.00935. The average Bonchev–Trinajstić information content (AvgIpc) is 2.67. The molecule has 0 radical (unpaired) electrons. The summed E-state index contributed by atoms with van der Waals surface area (Å²) in [5.41, 5.74) is 1.19. The van der Waals surface area contributed by atoms with Gasteiger partial charge in [-0.2, -0.15) is 4.31 Å². The van der Waals surface area contributed by atoms with Gasteiger partial charge in [-0.1, -0.05) is 12.5 Å². The Balaban J connectivity index is 1.68. The van der Waals surface area contributed by atoms with E-state index in [9.17, 15) is 13.2 Å². The number of nitrogens with one attached hydrogen (secondary N) is 1. The van der Waals surface area contributed by atoms with Crippen LogP contribution in [0.15, 0.2) is 53.6 Å². The number of amides is 1. The lowest BCUT2D eigenvalue weighted by molar-refractivity contribution is 0.0950. The number of nitrogens with zero attached hydrogens (tertiary/aromatic N) is 2. The van der Waals surface area contributed by atoms with Crippen LogP contribution >= 0.6 is 0 Å². The molecule has 1 amide bonds. The van der Waals surface area contributed by atoms with E-state index in [4.69, 9.17) is 0 Å². The van der Waals surface area contributed by atoms with Crippen molar-refractivity contribution in [3.63, 3.8) is 0 Å². The van der Waals surface area contributed by atoms with Crippen LogP contribution in [0.1, 0.15) is 42.2 Å². The molecule has 1 aliphatic heterocycles. The molecule has 26 heavy (non-hydrogen) atoms. The minimum atomic E-state index is -3.52. The molecule has 3 rings (SSSR count). The monoisotopic (exact) mass is 373 g/mol. The molecule has 6 nitrogen and oxygen atoms in total. The number of sulfonamides is 1. The summed E-state index contributed by atoms with van der Waals surface area (Å²) in [6.07, 6.45) is 4.50. The highest BCUT2D eigenvalue weighted by Gasteiger charge is 2.30. The van der Waals surface area contributed by atoms with Gasteiger partial charge in [-0.05, 0) is 56.2 Å². The van der Waals surface area contributed by atoms with Gasteiger partial charge in [-0.3, -0.25) is 9.78 Å². The number of carbonyl (C=O) groups is 1. The molecule has 138 valence electrons. The van der Waals surface area contributed by atoms with Crippen molar-refractivity contribution >= 4 is 15.9 Å². The number of piperidine rings is 1. The van der Waals surface area contributed by atoms with Crippen LogP contribution in [0.4, 0.5) is 0 Å². The highest BCUT2D eigenvalue weighted by Crippen LogP contribution is 2.25. The van der Waals surface area contributed by atoms with Crippen LogP contribution in [-0.4, -0.2) is 36.2 Å². The molecule has 0 bridgehead atoms. The van der Waals surface area contributed by atoms with Gasteiger partial charge in [0, 0.05) is 24.3 Å².